The van der Waals surface area contributed by atoms with Gasteiger partial charge in [-0.25, -0.2) is 4.79 Å². The van der Waals surface area contributed by atoms with Gasteiger partial charge >= 0.3 is 6.09 Å². The third-order valence-corrected chi connectivity index (χ3v) is 6.83. The molecule has 1 N–H and O–H groups in total. The molecule has 0 spiro atoms. The third-order valence-electron chi connectivity index (χ3n) is 5.92. The minimum absolute atomic E-state index is 0.0404. The SMILES string of the molecule is CC(C)(C)OC(=O)N1CCC(CC(=O)NCCc2cc(Br)cc(Br)c2)(c2ccccc2)CC1. The molecule has 0 radical (unpaired) electrons. The maximum atomic E-state index is 13.0. The van der Waals surface area contributed by atoms with Crippen molar-refractivity contribution in [3.05, 3.63) is 68.6 Å². The van der Waals surface area contributed by atoms with Gasteiger partial charge < -0.3 is 15.0 Å². The fraction of sp³-hybridized carbons (Fsp3) is 0.462. The van der Waals surface area contributed by atoms with E-state index in [1.807, 2.05) is 45.0 Å². The highest BCUT2D eigenvalue weighted by Crippen LogP contribution is 2.39. The zero-order valence-corrected chi connectivity index (χ0v) is 22.7. The summed E-state index contributed by atoms with van der Waals surface area (Å²) in [5.74, 6) is 0.0404. The van der Waals surface area contributed by atoms with E-state index in [0.717, 1.165) is 39.3 Å². The molecule has 7 heteroatoms. The Balaban J connectivity index is 1.63. The molecule has 0 unspecified atom stereocenters. The van der Waals surface area contributed by atoms with Crippen LogP contribution in [0, 0.1) is 0 Å². The number of amides is 2. The number of ether oxygens (including phenoxy) is 1. The summed E-state index contributed by atoms with van der Waals surface area (Å²) in [6.07, 6.45) is 2.33. The Labute approximate surface area is 213 Å². The van der Waals surface area contributed by atoms with Crippen molar-refractivity contribution in [1.29, 1.82) is 0 Å². The Morgan fingerprint density at radius 3 is 2.21 bits per heavy atom. The number of hydrogen-bond donors (Lipinski definition) is 1. The predicted octanol–water partition coefficient (Wildman–Crippen LogP) is 6.23. The zero-order valence-electron chi connectivity index (χ0n) is 19.5. The van der Waals surface area contributed by atoms with Gasteiger partial charge in [0.15, 0.2) is 0 Å². The summed E-state index contributed by atoms with van der Waals surface area (Å²) in [4.78, 5) is 27.3. The van der Waals surface area contributed by atoms with Crippen LogP contribution in [0.2, 0.25) is 0 Å². The van der Waals surface area contributed by atoms with E-state index in [2.05, 4.69) is 61.4 Å². The van der Waals surface area contributed by atoms with Gasteiger partial charge in [0, 0.05) is 40.4 Å². The molecule has 1 heterocycles. The van der Waals surface area contributed by atoms with E-state index in [1.54, 1.807) is 4.90 Å². The van der Waals surface area contributed by atoms with E-state index < -0.39 is 5.60 Å². The number of carbonyl (C=O) groups is 2. The van der Waals surface area contributed by atoms with Crippen molar-refractivity contribution < 1.29 is 14.3 Å². The standard InChI is InChI=1S/C26H32Br2N2O3/c1-25(2,3)33-24(32)30-13-10-26(11-14-30,20-7-5-4-6-8-20)18-23(31)29-12-9-19-15-21(27)17-22(28)16-19/h4-8,15-17H,9-14,18H2,1-3H3,(H,29,31). The van der Waals surface area contributed by atoms with Crippen LogP contribution in [0.4, 0.5) is 4.79 Å². The number of hydrogen-bond acceptors (Lipinski definition) is 3. The Bertz CT molecular complexity index is 945. The average Bonchev–Trinajstić information content (AvgIpc) is 2.73. The minimum atomic E-state index is -0.519. The fourth-order valence-corrected chi connectivity index (χ4v) is 5.66. The molecule has 0 aliphatic carbocycles. The smallest absolute Gasteiger partial charge is 0.410 e. The Kier molecular flexibility index (Phi) is 8.62. The first kappa shape index (κ1) is 25.8. The van der Waals surface area contributed by atoms with Crippen LogP contribution in [0.3, 0.4) is 0 Å². The largest absolute Gasteiger partial charge is 0.444 e. The van der Waals surface area contributed by atoms with Crippen LogP contribution in [0.15, 0.2) is 57.5 Å². The number of likely N-dealkylation sites (tertiary alicyclic amines) is 1. The summed E-state index contributed by atoms with van der Waals surface area (Å²) >= 11 is 7.02. The van der Waals surface area contributed by atoms with Crippen molar-refractivity contribution in [2.45, 2.75) is 57.5 Å². The lowest BCUT2D eigenvalue weighted by molar-refractivity contribution is -0.122. The third kappa shape index (κ3) is 7.57. The van der Waals surface area contributed by atoms with Crippen molar-refractivity contribution in [2.75, 3.05) is 19.6 Å². The number of rotatable bonds is 6. The summed E-state index contributed by atoms with van der Waals surface area (Å²) < 4.78 is 7.57. The topological polar surface area (TPSA) is 58.6 Å². The highest BCUT2D eigenvalue weighted by atomic mass is 79.9. The maximum Gasteiger partial charge on any atom is 0.410 e. The molecule has 1 saturated heterocycles. The molecule has 2 aromatic rings. The second kappa shape index (κ2) is 11.0. The quantitative estimate of drug-likeness (QED) is 0.441. The molecule has 0 aromatic heterocycles. The van der Waals surface area contributed by atoms with Crippen LogP contribution in [0.25, 0.3) is 0 Å². The van der Waals surface area contributed by atoms with Crippen molar-refractivity contribution >= 4 is 43.9 Å². The lowest BCUT2D eigenvalue weighted by Gasteiger charge is -2.42. The van der Waals surface area contributed by atoms with E-state index in [4.69, 9.17) is 4.74 Å². The minimum Gasteiger partial charge on any atom is -0.444 e. The van der Waals surface area contributed by atoms with E-state index in [1.165, 1.54) is 0 Å². The average molecular weight is 580 g/mol. The maximum absolute atomic E-state index is 13.0. The van der Waals surface area contributed by atoms with Gasteiger partial charge in [0.05, 0.1) is 0 Å². The molecule has 33 heavy (non-hydrogen) atoms. The van der Waals surface area contributed by atoms with E-state index >= 15 is 0 Å². The summed E-state index contributed by atoms with van der Waals surface area (Å²) in [6.45, 7) is 7.35. The molecule has 0 bridgehead atoms. The molecular formula is C26H32Br2N2O3. The van der Waals surface area contributed by atoms with Crippen LogP contribution in [0.1, 0.15) is 51.2 Å². The Hall–Kier alpha value is -1.86. The first-order valence-electron chi connectivity index (χ1n) is 11.3. The fourth-order valence-electron chi connectivity index (χ4n) is 4.27. The van der Waals surface area contributed by atoms with Crippen LogP contribution in [0.5, 0.6) is 0 Å². The van der Waals surface area contributed by atoms with Crippen LogP contribution in [-0.2, 0) is 21.4 Å². The predicted molar refractivity (Wildman–Crippen MR) is 138 cm³/mol. The van der Waals surface area contributed by atoms with Gasteiger partial charge in [0.2, 0.25) is 5.91 Å². The first-order chi connectivity index (χ1) is 15.6. The number of nitrogens with one attached hydrogen (secondary N) is 1. The second-order valence-electron chi connectivity index (χ2n) is 9.67. The Morgan fingerprint density at radius 2 is 1.64 bits per heavy atom. The van der Waals surface area contributed by atoms with Crippen LogP contribution in [-0.4, -0.2) is 42.1 Å². The molecule has 2 aromatic carbocycles. The van der Waals surface area contributed by atoms with Crippen LogP contribution >= 0.6 is 31.9 Å². The zero-order chi connectivity index (χ0) is 24.1. The van der Waals surface area contributed by atoms with Gasteiger partial charge in [0.1, 0.15) is 5.60 Å². The molecule has 5 nitrogen and oxygen atoms in total. The summed E-state index contributed by atoms with van der Waals surface area (Å²) in [5.41, 5.74) is 1.50. The molecule has 2 amide bonds. The van der Waals surface area contributed by atoms with E-state index in [9.17, 15) is 9.59 Å². The summed E-state index contributed by atoms with van der Waals surface area (Å²) in [6, 6.07) is 16.3. The first-order valence-corrected chi connectivity index (χ1v) is 12.9. The molecule has 1 aliphatic heterocycles. The van der Waals surface area contributed by atoms with Gasteiger partial charge in [-0.15, -0.1) is 0 Å². The normalized spacial score (nSPS) is 15.7. The van der Waals surface area contributed by atoms with E-state index in [0.29, 0.717) is 26.1 Å². The van der Waals surface area contributed by atoms with Gasteiger partial charge in [-0.05, 0) is 69.4 Å². The number of piperidine rings is 1. The van der Waals surface area contributed by atoms with Crippen molar-refractivity contribution in [3.8, 4) is 0 Å². The monoisotopic (exact) mass is 578 g/mol. The van der Waals surface area contributed by atoms with Crippen molar-refractivity contribution in [3.63, 3.8) is 0 Å². The molecule has 1 fully saturated rings. The Morgan fingerprint density at radius 1 is 1.03 bits per heavy atom. The molecule has 178 valence electrons. The lowest BCUT2D eigenvalue weighted by Crippen LogP contribution is -2.48. The lowest BCUT2D eigenvalue weighted by atomic mass is 9.70. The van der Waals surface area contributed by atoms with Crippen LogP contribution < -0.4 is 5.32 Å². The number of nitrogens with zero attached hydrogens (tertiary/aromatic N) is 1. The highest BCUT2D eigenvalue weighted by molar-refractivity contribution is 9.11. The molecule has 1 aliphatic rings. The number of carbonyl (C=O) groups excluding carboxylic acids is 2. The highest BCUT2D eigenvalue weighted by Gasteiger charge is 2.40. The van der Waals surface area contributed by atoms with Gasteiger partial charge in [-0.1, -0.05) is 62.2 Å². The summed E-state index contributed by atoms with van der Waals surface area (Å²) in [5, 5.41) is 3.10. The summed E-state index contributed by atoms with van der Waals surface area (Å²) in [7, 11) is 0. The van der Waals surface area contributed by atoms with Gasteiger partial charge in [-0.3, -0.25) is 4.79 Å². The van der Waals surface area contributed by atoms with Gasteiger partial charge in [-0.2, -0.15) is 0 Å². The molecular weight excluding hydrogens is 548 g/mol. The molecule has 3 rings (SSSR count). The second-order valence-corrected chi connectivity index (χ2v) is 11.5. The number of halogens is 2. The van der Waals surface area contributed by atoms with E-state index in [-0.39, 0.29) is 17.4 Å². The van der Waals surface area contributed by atoms with Crippen molar-refractivity contribution in [2.24, 2.45) is 0 Å². The number of benzene rings is 2. The van der Waals surface area contributed by atoms with Gasteiger partial charge in [0.25, 0.3) is 0 Å². The molecule has 0 saturated carbocycles. The van der Waals surface area contributed by atoms with Crippen molar-refractivity contribution in [1.82, 2.24) is 10.2 Å². The molecule has 0 atom stereocenters.